The average Bonchev–Trinajstić information content (AvgIpc) is 2.63. The van der Waals surface area contributed by atoms with Crippen molar-refractivity contribution in [2.24, 2.45) is 5.73 Å². The first-order valence-electron chi connectivity index (χ1n) is 6.17. The Bertz CT molecular complexity index is 522. The van der Waals surface area contributed by atoms with Crippen LogP contribution in [-0.4, -0.2) is 28.2 Å². The molecule has 0 fully saturated rings. The second-order valence-corrected chi connectivity index (χ2v) is 6.06. The SMILES string of the molecule is CCC(COC)NS(=O)(=O)c1c(C)oc(C)c1CN. The lowest BCUT2D eigenvalue weighted by atomic mass is 10.2. The van der Waals surface area contributed by atoms with Crippen LogP contribution in [0.4, 0.5) is 0 Å². The van der Waals surface area contributed by atoms with Gasteiger partial charge in [0, 0.05) is 25.3 Å². The van der Waals surface area contributed by atoms with E-state index in [2.05, 4.69) is 4.72 Å². The van der Waals surface area contributed by atoms with Crippen LogP contribution in [0, 0.1) is 13.8 Å². The highest BCUT2D eigenvalue weighted by Crippen LogP contribution is 2.26. The van der Waals surface area contributed by atoms with E-state index in [-0.39, 0.29) is 17.5 Å². The van der Waals surface area contributed by atoms with Gasteiger partial charge in [0.15, 0.2) is 0 Å². The van der Waals surface area contributed by atoms with Crippen molar-refractivity contribution in [1.82, 2.24) is 4.72 Å². The fourth-order valence-corrected chi connectivity index (χ4v) is 3.78. The molecule has 0 aliphatic heterocycles. The van der Waals surface area contributed by atoms with E-state index in [1.54, 1.807) is 13.8 Å². The Kier molecular flexibility index (Phi) is 5.54. The van der Waals surface area contributed by atoms with Crippen molar-refractivity contribution in [3.8, 4) is 0 Å². The van der Waals surface area contributed by atoms with Gasteiger partial charge in [0.1, 0.15) is 16.4 Å². The molecule has 0 aliphatic rings. The van der Waals surface area contributed by atoms with Crippen molar-refractivity contribution in [3.63, 3.8) is 0 Å². The van der Waals surface area contributed by atoms with Crippen LogP contribution in [0.3, 0.4) is 0 Å². The first kappa shape index (κ1) is 16.2. The van der Waals surface area contributed by atoms with Crippen LogP contribution in [0.1, 0.15) is 30.4 Å². The molecule has 0 aliphatic carbocycles. The molecule has 6 nitrogen and oxygen atoms in total. The Morgan fingerprint density at radius 2 is 2.00 bits per heavy atom. The summed E-state index contributed by atoms with van der Waals surface area (Å²) in [4.78, 5) is 0.155. The molecule has 1 unspecified atom stereocenters. The zero-order valence-corrected chi connectivity index (χ0v) is 12.6. The van der Waals surface area contributed by atoms with E-state index in [4.69, 9.17) is 14.9 Å². The molecule has 1 atom stereocenters. The number of sulfonamides is 1. The van der Waals surface area contributed by atoms with Gasteiger partial charge in [-0.15, -0.1) is 0 Å². The van der Waals surface area contributed by atoms with E-state index in [9.17, 15) is 8.42 Å². The molecule has 110 valence electrons. The minimum Gasteiger partial charge on any atom is -0.465 e. The number of aryl methyl sites for hydroxylation is 2. The van der Waals surface area contributed by atoms with Crippen molar-refractivity contribution < 1.29 is 17.6 Å². The summed E-state index contributed by atoms with van der Waals surface area (Å²) in [5, 5.41) is 0. The summed E-state index contributed by atoms with van der Waals surface area (Å²) in [5.41, 5.74) is 6.13. The number of nitrogens with two attached hydrogens (primary N) is 1. The lowest BCUT2D eigenvalue weighted by molar-refractivity contribution is 0.173. The van der Waals surface area contributed by atoms with Gasteiger partial charge >= 0.3 is 0 Å². The summed E-state index contributed by atoms with van der Waals surface area (Å²) in [5.74, 6) is 0.901. The number of hydrogen-bond acceptors (Lipinski definition) is 5. The number of methoxy groups -OCH3 is 1. The summed E-state index contributed by atoms with van der Waals surface area (Å²) >= 11 is 0. The first-order valence-corrected chi connectivity index (χ1v) is 7.65. The van der Waals surface area contributed by atoms with Gasteiger partial charge in [-0.1, -0.05) is 6.92 Å². The predicted octanol–water partition coefficient (Wildman–Crippen LogP) is 1.06. The molecular weight excluding hydrogens is 268 g/mol. The van der Waals surface area contributed by atoms with Crippen LogP contribution >= 0.6 is 0 Å². The van der Waals surface area contributed by atoms with E-state index >= 15 is 0 Å². The van der Waals surface area contributed by atoms with Crippen molar-refractivity contribution in [2.45, 2.75) is 44.7 Å². The van der Waals surface area contributed by atoms with Crippen molar-refractivity contribution in [1.29, 1.82) is 0 Å². The molecule has 0 aromatic carbocycles. The highest BCUT2D eigenvalue weighted by atomic mass is 32.2. The van der Waals surface area contributed by atoms with Crippen LogP contribution in [0.5, 0.6) is 0 Å². The second-order valence-electron chi connectivity index (χ2n) is 4.41. The van der Waals surface area contributed by atoms with E-state index in [1.165, 1.54) is 7.11 Å². The molecule has 1 aromatic rings. The molecule has 0 spiro atoms. The van der Waals surface area contributed by atoms with Gasteiger partial charge in [-0.3, -0.25) is 0 Å². The van der Waals surface area contributed by atoms with Gasteiger partial charge in [-0.05, 0) is 20.3 Å². The second kappa shape index (κ2) is 6.51. The average molecular weight is 290 g/mol. The highest BCUT2D eigenvalue weighted by molar-refractivity contribution is 7.89. The number of nitrogens with one attached hydrogen (secondary N) is 1. The molecule has 0 radical (unpaired) electrons. The van der Waals surface area contributed by atoms with E-state index in [0.717, 1.165) is 0 Å². The molecule has 0 amide bonds. The molecule has 0 saturated heterocycles. The summed E-state index contributed by atoms with van der Waals surface area (Å²) in [6.07, 6.45) is 0.640. The quantitative estimate of drug-likeness (QED) is 0.783. The minimum atomic E-state index is -3.65. The van der Waals surface area contributed by atoms with Gasteiger partial charge in [0.05, 0.1) is 6.61 Å². The largest absolute Gasteiger partial charge is 0.465 e. The van der Waals surface area contributed by atoms with Crippen molar-refractivity contribution in [3.05, 3.63) is 17.1 Å². The van der Waals surface area contributed by atoms with Crippen LogP contribution in [0.2, 0.25) is 0 Å². The normalized spacial score (nSPS) is 13.7. The third-order valence-corrected chi connectivity index (χ3v) is 4.70. The maximum atomic E-state index is 12.4. The van der Waals surface area contributed by atoms with Gasteiger partial charge in [-0.2, -0.15) is 0 Å². The molecule has 0 bridgehead atoms. The lowest BCUT2D eigenvalue weighted by Gasteiger charge is -2.16. The van der Waals surface area contributed by atoms with Crippen LogP contribution in [-0.2, 0) is 21.3 Å². The zero-order chi connectivity index (χ0) is 14.6. The fraction of sp³-hybridized carbons (Fsp3) is 0.667. The summed E-state index contributed by atoms with van der Waals surface area (Å²) in [7, 11) is -2.11. The van der Waals surface area contributed by atoms with Gasteiger partial charge in [0.25, 0.3) is 0 Å². The third-order valence-electron chi connectivity index (χ3n) is 2.98. The summed E-state index contributed by atoms with van der Waals surface area (Å²) in [6, 6.07) is -0.268. The van der Waals surface area contributed by atoms with E-state index < -0.39 is 10.0 Å². The monoisotopic (exact) mass is 290 g/mol. The number of hydrogen-bond donors (Lipinski definition) is 2. The molecule has 1 rings (SSSR count). The Hall–Kier alpha value is -0.890. The maximum Gasteiger partial charge on any atom is 0.244 e. The van der Waals surface area contributed by atoms with E-state index in [1.807, 2.05) is 6.92 Å². The van der Waals surface area contributed by atoms with Crippen LogP contribution in [0.15, 0.2) is 9.31 Å². The maximum absolute atomic E-state index is 12.4. The summed E-state index contributed by atoms with van der Waals surface area (Å²) < 4.78 is 37.8. The molecule has 1 heterocycles. The molecule has 19 heavy (non-hydrogen) atoms. The molecule has 0 saturated carbocycles. The minimum absolute atomic E-state index is 0.125. The van der Waals surface area contributed by atoms with Crippen molar-refractivity contribution in [2.75, 3.05) is 13.7 Å². The molecule has 1 aromatic heterocycles. The first-order chi connectivity index (χ1) is 8.87. The number of ether oxygens (including phenoxy) is 1. The highest BCUT2D eigenvalue weighted by Gasteiger charge is 2.28. The number of rotatable bonds is 7. The van der Waals surface area contributed by atoms with Crippen LogP contribution in [0.25, 0.3) is 0 Å². The van der Waals surface area contributed by atoms with Gasteiger partial charge in [-0.25, -0.2) is 13.1 Å². The molecular formula is C12H22N2O4S. The topological polar surface area (TPSA) is 94.6 Å². The Labute approximate surface area is 114 Å². The van der Waals surface area contributed by atoms with E-state index in [0.29, 0.717) is 30.1 Å². The zero-order valence-electron chi connectivity index (χ0n) is 11.8. The predicted molar refractivity (Wildman–Crippen MR) is 72.3 cm³/mol. The lowest BCUT2D eigenvalue weighted by Crippen LogP contribution is -2.38. The van der Waals surface area contributed by atoms with Gasteiger partial charge in [0.2, 0.25) is 10.0 Å². The third kappa shape index (κ3) is 3.56. The Morgan fingerprint density at radius 1 is 1.37 bits per heavy atom. The smallest absolute Gasteiger partial charge is 0.244 e. The molecule has 3 N–H and O–H groups in total. The summed E-state index contributed by atoms with van der Waals surface area (Å²) in [6.45, 7) is 5.67. The van der Waals surface area contributed by atoms with Crippen molar-refractivity contribution >= 4 is 10.0 Å². The number of furan rings is 1. The van der Waals surface area contributed by atoms with Crippen LogP contribution < -0.4 is 10.5 Å². The standard InChI is InChI=1S/C12H22N2O4S/c1-5-10(7-17-4)14-19(15,16)12-9(3)18-8(2)11(12)6-13/h10,14H,5-7,13H2,1-4H3. The fourth-order valence-electron chi connectivity index (χ4n) is 2.01. The Balaban J connectivity index is 3.13. The molecule has 7 heteroatoms. The van der Waals surface area contributed by atoms with Gasteiger partial charge < -0.3 is 14.9 Å². The Morgan fingerprint density at radius 3 is 2.47 bits per heavy atom.